The van der Waals surface area contributed by atoms with Gasteiger partial charge in [-0.25, -0.2) is 13.2 Å². The summed E-state index contributed by atoms with van der Waals surface area (Å²) < 4.78 is 41.3. The van der Waals surface area contributed by atoms with Crippen molar-refractivity contribution in [3.05, 3.63) is 65.0 Å². The number of hydrogen-bond acceptors (Lipinski definition) is 1. The van der Waals surface area contributed by atoms with Gasteiger partial charge in [0.25, 0.3) is 11.8 Å². The molecular weight excluding hydrogens is 351 g/mol. The summed E-state index contributed by atoms with van der Waals surface area (Å²) in [6.45, 7) is 3.83. The number of aryl methyl sites for hydroxylation is 1. The van der Waals surface area contributed by atoms with Gasteiger partial charge in [-0.3, -0.25) is 4.79 Å². The SMILES string of the molecule is CC=Cc1cc(C)cc(-c2ccc(C(=O)N3CCC(F)(F)CC3)cc2F)c1. The van der Waals surface area contributed by atoms with Crippen molar-refractivity contribution >= 4 is 12.0 Å². The molecule has 2 nitrogen and oxygen atoms in total. The largest absolute Gasteiger partial charge is 0.338 e. The van der Waals surface area contributed by atoms with Gasteiger partial charge < -0.3 is 4.90 Å². The molecule has 2 aromatic rings. The zero-order valence-electron chi connectivity index (χ0n) is 15.4. The van der Waals surface area contributed by atoms with E-state index >= 15 is 0 Å². The van der Waals surface area contributed by atoms with Crippen molar-refractivity contribution in [2.45, 2.75) is 32.6 Å². The lowest BCUT2D eigenvalue weighted by molar-refractivity contribution is -0.0494. The first-order chi connectivity index (χ1) is 12.8. The summed E-state index contributed by atoms with van der Waals surface area (Å²) in [6, 6.07) is 10.1. The van der Waals surface area contributed by atoms with Gasteiger partial charge >= 0.3 is 0 Å². The molecule has 2 aromatic carbocycles. The fourth-order valence-corrected chi connectivity index (χ4v) is 3.36. The highest BCUT2D eigenvalue weighted by molar-refractivity contribution is 5.95. The van der Waals surface area contributed by atoms with Crippen molar-refractivity contribution in [3.63, 3.8) is 0 Å². The Morgan fingerprint density at radius 2 is 1.81 bits per heavy atom. The van der Waals surface area contributed by atoms with Gasteiger partial charge in [0.2, 0.25) is 0 Å². The van der Waals surface area contributed by atoms with Gasteiger partial charge in [-0.05, 0) is 48.7 Å². The van der Waals surface area contributed by atoms with Crippen LogP contribution in [0, 0.1) is 12.7 Å². The van der Waals surface area contributed by atoms with Crippen LogP contribution in [0.5, 0.6) is 0 Å². The first kappa shape index (κ1) is 19.2. The quantitative estimate of drug-likeness (QED) is 0.675. The minimum Gasteiger partial charge on any atom is -0.338 e. The van der Waals surface area contributed by atoms with E-state index in [1.807, 2.05) is 44.2 Å². The lowest BCUT2D eigenvalue weighted by Gasteiger charge is -2.31. The van der Waals surface area contributed by atoms with Crippen LogP contribution in [0.4, 0.5) is 13.2 Å². The number of carbonyl (C=O) groups is 1. The van der Waals surface area contributed by atoms with Gasteiger partial charge in [0.05, 0.1) is 0 Å². The number of rotatable bonds is 3. The first-order valence-electron chi connectivity index (χ1n) is 9.00. The molecule has 27 heavy (non-hydrogen) atoms. The van der Waals surface area contributed by atoms with E-state index in [1.54, 1.807) is 12.1 Å². The van der Waals surface area contributed by atoms with Gasteiger partial charge in [0.1, 0.15) is 5.82 Å². The summed E-state index contributed by atoms with van der Waals surface area (Å²) in [7, 11) is 0. The maximum atomic E-state index is 14.7. The van der Waals surface area contributed by atoms with Crippen LogP contribution in [0.1, 0.15) is 41.3 Å². The highest BCUT2D eigenvalue weighted by atomic mass is 19.3. The summed E-state index contributed by atoms with van der Waals surface area (Å²) >= 11 is 0. The number of piperidine rings is 1. The second-order valence-electron chi connectivity index (χ2n) is 6.98. The van der Waals surface area contributed by atoms with Gasteiger partial charge in [0.15, 0.2) is 0 Å². The molecule has 1 heterocycles. The van der Waals surface area contributed by atoms with Gasteiger partial charge in [-0.2, -0.15) is 0 Å². The molecule has 1 fully saturated rings. The Bertz CT molecular complexity index is 879. The molecule has 0 bridgehead atoms. The Labute approximate surface area is 157 Å². The molecule has 0 unspecified atom stereocenters. The average molecular weight is 373 g/mol. The molecule has 0 N–H and O–H groups in total. The van der Waals surface area contributed by atoms with E-state index in [1.165, 1.54) is 11.0 Å². The normalized spacial score (nSPS) is 16.7. The van der Waals surface area contributed by atoms with E-state index in [0.717, 1.165) is 16.7 Å². The maximum Gasteiger partial charge on any atom is 0.253 e. The molecule has 0 radical (unpaired) electrons. The van der Waals surface area contributed by atoms with Crippen LogP contribution < -0.4 is 0 Å². The van der Waals surface area contributed by atoms with Crippen LogP contribution in [0.2, 0.25) is 0 Å². The summed E-state index contributed by atoms with van der Waals surface area (Å²) in [4.78, 5) is 13.9. The topological polar surface area (TPSA) is 20.3 Å². The molecule has 0 spiro atoms. The number of carbonyl (C=O) groups excluding carboxylic acids is 1. The van der Waals surface area contributed by atoms with Crippen molar-refractivity contribution in [2.24, 2.45) is 0 Å². The minimum atomic E-state index is -2.72. The predicted octanol–water partition coefficient (Wildman–Crippen LogP) is 5.71. The van der Waals surface area contributed by atoms with Crippen LogP contribution in [0.15, 0.2) is 42.5 Å². The molecule has 142 valence electrons. The first-order valence-corrected chi connectivity index (χ1v) is 9.00. The highest BCUT2D eigenvalue weighted by Crippen LogP contribution is 2.30. The fourth-order valence-electron chi connectivity index (χ4n) is 3.36. The number of hydrogen-bond donors (Lipinski definition) is 0. The Morgan fingerprint density at radius 3 is 2.44 bits per heavy atom. The van der Waals surface area contributed by atoms with Crippen LogP contribution in [0.3, 0.4) is 0 Å². The predicted molar refractivity (Wildman–Crippen MR) is 101 cm³/mol. The lowest BCUT2D eigenvalue weighted by Crippen LogP contribution is -2.42. The van der Waals surface area contributed by atoms with E-state index in [0.29, 0.717) is 5.56 Å². The molecular formula is C22H22F3NO. The highest BCUT2D eigenvalue weighted by Gasteiger charge is 2.35. The number of likely N-dealkylation sites (tertiary alicyclic amines) is 1. The molecule has 1 amide bonds. The monoisotopic (exact) mass is 373 g/mol. The average Bonchev–Trinajstić information content (AvgIpc) is 2.61. The minimum absolute atomic E-state index is 0.0141. The van der Waals surface area contributed by atoms with E-state index in [4.69, 9.17) is 0 Å². The van der Waals surface area contributed by atoms with Crippen LogP contribution in [0.25, 0.3) is 17.2 Å². The lowest BCUT2D eigenvalue weighted by atomic mass is 9.98. The smallest absolute Gasteiger partial charge is 0.253 e. The van der Waals surface area contributed by atoms with E-state index in [-0.39, 0.29) is 31.5 Å². The molecule has 0 saturated carbocycles. The third-order valence-corrected chi connectivity index (χ3v) is 4.77. The molecule has 3 rings (SSSR count). The molecule has 0 aliphatic carbocycles. The summed E-state index contributed by atoms with van der Waals surface area (Å²) in [5.74, 6) is -3.63. The molecule has 5 heteroatoms. The van der Waals surface area contributed by atoms with E-state index < -0.39 is 17.6 Å². The number of allylic oxidation sites excluding steroid dienone is 1. The van der Waals surface area contributed by atoms with Gasteiger partial charge in [-0.1, -0.05) is 30.4 Å². The Hall–Kier alpha value is -2.56. The van der Waals surface area contributed by atoms with Gasteiger partial charge in [-0.15, -0.1) is 0 Å². The van der Waals surface area contributed by atoms with Crippen molar-refractivity contribution in [1.82, 2.24) is 4.90 Å². The van der Waals surface area contributed by atoms with E-state index in [9.17, 15) is 18.0 Å². The molecule has 1 saturated heterocycles. The standard InChI is InChI=1S/C22H22F3NO/c1-3-4-16-11-15(2)12-18(13-16)19-6-5-17(14-20(19)23)21(27)26-9-7-22(24,25)8-10-26/h3-6,11-14H,7-10H2,1-2H3. The molecule has 0 aromatic heterocycles. The number of alkyl halides is 2. The zero-order valence-corrected chi connectivity index (χ0v) is 15.4. The molecule has 1 aliphatic rings. The summed E-state index contributed by atoms with van der Waals surface area (Å²) in [5.41, 5.74) is 3.31. The van der Waals surface area contributed by atoms with Crippen molar-refractivity contribution in [2.75, 3.05) is 13.1 Å². The number of amides is 1. The fraction of sp³-hybridized carbons (Fsp3) is 0.318. The second-order valence-corrected chi connectivity index (χ2v) is 6.98. The third kappa shape index (κ3) is 4.41. The maximum absolute atomic E-state index is 14.7. The van der Waals surface area contributed by atoms with Gasteiger partial charge in [0, 0.05) is 37.1 Å². The summed E-state index contributed by atoms with van der Waals surface area (Å²) in [6.07, 6.45) is 3.16. The Balaban J connectivity index is 1.85. The Kier molecular flexibility index (Phi) is 5.40. The van der Waals surface area contributed by atoms with Crippen LogP contribution in [-0.4, -0.2) is 29.8 Å². The molecule has 1 aliphatic heterocycles. The zero-order chi connectivity index (χ0) is 19.6. The Morgan fingerprint density at radius 1 is 1.11 bits per heavy atom. The van der Waals surface area contributed by atoms with Crippen LogP contribution >= 0.6 is 0 Å². The van der Waals surface area contributed by atoms with Crippen molar-refractivity contribution < 1.29 is 18.0 Å². The van der Waals surface area contributed by atoms with Crippen molar-refractivity contribution in [3.8, 4) is 11.1 Å². The van der Waals surface area contributed by atoms with Crippen LogP contribution in [-0.2, 0) is 0 Å². The van der Waals surface area contributed by atoms with E-state index in [2.05, 4.69) is 0 Å². The number of benzene rings is 2. The van der Waals surface area contributed by atoms with Crippen molar-refractivity contribution in [1.29, 1.82) is 0 Å². The second kappa shape index (κ2) is 7.59. The summed E-state index contributed by atoms with van der Waals surface area (Å²) in [5, 5.41) is 0. The molecule has 0 atom stereocenters. The number of nitrogens with zero attached hydrogens (tertiary/aromatic N) is 1. The third-order valence-electron chi connectivity index (χ3n) is 4.77. The number of halogens is 3.